The van der Waals surface area contributed by atoms with Crippen LogP contribution in [0.1, 0.15) is 5.56 Å². The summed E-state index contributed by atoms with van der Waals surface area (Å²) < 4.78 is 13.3. The Labute approximate surface area is 85.5 Å². The van der Waals surface area contributed by atoms with Crippen molar-refractivity contribution in [3.8, 4) is 0 Å². The van der Waals surface area contributed by atoms with Crippen molar-refractivity contribution >= 4 is 12.0 Å². The Kier molecular flexibility index (Phi) is 2.32. The number of halogens is 1. The minimum absolute atomic E-state index is 0.334. The van der Waals surface area contributed by atoms with Crippen molar-refractivity contribution in [2.75, 3.05) is 5.01 Å². The maximum Gasteiger partial charge on any atom is 0.195 e. The van der Waals surface area contributed by atoms with Crippen LogP contribution in [0.5, 0.6) is 0 Å². The molecule has 0 fully saturated rings. The molecule has 5 nitrogen and oxygen atoms in total. The standard InChI is InChI=1S/C9H9FN4O/c1-6-7(10)3-2-4-8(6)14-9(5-15)11-12-13-14/h2-5,9H,1H3,(H,11,13). The van der Waals surface area contributed by atoms with E-state index >= 15 is 0 Å². The smallest absolute Gasteiger partial charge is 0.195 e. The summed E-state index contributed by atoms with van der Waals surface area (Å²) in [7, 11) is 0. The first-order chi connectivity index (χ1) is 7.24. The number of hydrogen-bond acceptors (Lipinski definition) is 5. The van der Waals surface area contributed by atoms with E-state index in [0.29, 0.717) is 17.5 Å². The van der Waals surface area contributed by atoms with Crippen LogP contribution in [-0.2, 0) is 4.79 Å². The van der Waals surface area contributed by atoms with Gasteiger partial charge in [0.25, 0.3) is 0 Å². The summed E-state index contributed by atoms with van der Waals surface area (Å²) in [4.78, 5) is 10.7. The van der Waals surface area contributed by atoms with Crippen LogP contribution in [0.4, 0.5) is 10.1 Å². The second-order valence-corrected chi connectivity index (χ2v) is 3.13. The lowest BCUT2D eigenvalue weighted by atomic mass is 10.2. The molecule has 0 aliphatic carbocycles. The van der Waals surface area contributed by atoms with Gasteiger partial charge >= 0.3 is 0 Å². The zero-order valence-corrected chi connectivity index (χ0v) is 8.01. The molecule has 1 aromatic carbocycles. The van der Waals surface area contributed by atoms with E-state index in [1.54, 1.807) is 19.1 Å². The van der Waals surface area contributed by atoms with Gasteiger partial charge in [-0.2, -0.15) is 0 Å². The molecule has 15 heavy (non-hydrogen) atoms. The first-order valence-electron chi connectivity index (χ1n) is 4.40. The van der Waals surface area contributed by atoms with Gasteiger partial charge in [0.05, 0.1) is 5.69 Å². The molecule has 1 atom stereocenters. The molecule has 2 rings (SSSR count). The predicted octanol–water partition coefficient (Wildman–Crippen LogP) is 1.35. The quantitative estimate of drug-likeness (QED) is 0.746. The van der Waals surface area contributed by atoms with Crippen molar-refractivity contribution in [3.05, 3.63) is 29.6 Å². The SMILES string of the molecule is Cc1c(F)cccc1N1N=NNC1C=O. The van der Waals surface area contributed by atoms with Gasteiger partial charge in [-0.1, -0.05) is 11.3 Å². The van der Waals surface area contributed by atoms with E-state index in [0.717, 1.165) is 0 Å². The summed E-state index contributed by atoms with van der Waals surface area (Å²) >= 11 is 0. The summed E-state index contributed by atoms with van der Waals surface area (Å²) in [5.74, 6) is -0.334. The lowest BCUT2D eigenvalue weighted by molar-refractivity contribution is -0.109. The Morgan fingerprint density at radius 3 is 3.13 bits per heavy atom. The molecular formula is C9H9FN4O. The summed E-state index contributed by atoms with van der Waals surface area (Å²) in [5.41, 5.74) is 3.46. The summed E-state index contributed by atoms with van der Waals surface area (Å²) in [5, 5.41) is 8.56. The molecule has 1 unspecified atom stereocenters. The molecule has 0 saturated heterocycles. The summed E-state index contributed by atoms with van der Waals surface area (Å²) in [6, 6.07) is 4.60. The van der Waals surface area contributed by atoms with E-state index in [2.05, 4.69) is 15.9 Å². The van der Waals surface area contributed by atoms with Crippen LogP contribution in [0.15, 0.2) is 28.6 Å². The molecule has 1 aliphatic heterocycles. The third-order valence-corrected chi connectivity index (χ3v) is 2.21. The maximum atomic E-state index is 13.3. The molecule has 0 radical (unpaired) electrons. The maximum absolute atomic E-state index is 13.3. The van der Waals surface area contributed by atoms with Crippen molar-refractivity contribution in [3.63, 3.8) is 0 Å². The van der Waals surface area contributed by atoms with Gasteiger partial charge in [-0.15, -0.1) is 0 Å². The third-order valence-electron chi connectivity index (χ3n) is 2.21. The van der Waals surface area contributed by atoms with Gasteiger partial charge in [0.15, 0.2) is 12.5 Å². The first kappa shape index (κ1) is 9.57. The van der Waals surface area contributed by atoms with Crippen molar-refractivity contribution in [2.24, 2.45) is 10.4 Å². The Balaban J connectivity index is 2.41. The Morgan fingerprint density at radius 1 is 1.60 bits per heavy atom. The van der Waals surface area contributed by atoms with Gasteiger partial charge in [0.1, 0.15) is 5.82 Å². The summed E-state index contributed by atoms with van der Waals surface area (Å²) in [6.45, 7) is 1.63. The first-order valence-corrected chi connectivity index (χ1v) is 4.40. The van der Waals surface area contributed by atoms with Crippen LogP contribution < -0.4 is 10.4 Å². The van der Waals surface area contributed by atoms with Crippen LogP contribution in [0.2, 0.25) is 0 Å². The molecule has 1 aromatic rings. The second-order valence-electron chi connectivity index (χ2n) is 3.13. The largest absolute Gasteiger partial charge is 0.299 e. The van der Waals surface area contributed by atoms with Gasteiger partial charge in [-0.3, -0.25) is 10.2 Å². The third kappa shape index (κ3) is 1.54. The van der Waals surface area contributed by atoms with E-state index in [-0.39, 0.29) is 5.82 Å². The predicted molar refractivity (Wildman–Crippen MR) is 51.5 cm³/mol. The van der Waals surface area contributed by atoms with Crippen molar-refractivity contribution in [1.82, 2.24) is 5.43 Å². The van der Waals surface area contributed by atoms with Gasteiger partial charge < -0.3 is 0 Å². The van der Waals surface area contributed by atoms with Gasteiger partial charge in [0.2, 0.25) is 0 Å². The van der Waals surface area contributed by atoms with Crippen LogP contribution in [0.25, 0.3) is 0 Å². The Hall–Kier alpha value is -1.98. The highest BCUT2D eigenvalue weighted by Crippen LogP contribution is 2.25. The Morgan fingerprint density at radius 2 is 2.40 bits per heavy atom. The van der Waals surface area contributed by atoms with Crippen molar-refractivity contribution < 1.29 is 9.18 Å². The normalized spacial score (nSPS) is 19.1. The highest BCUT2D eigenvalue weighted by Gasteiger charge is 2.24. The monoisotopic (exact) mass is 208 g/mol. The fourth-order valence-corrected chi connectivity index (χ4v) is 1.37. The average Bonchev–Trinajstić information content (AvgIpc) is 2.70. The highest BCUT2D eigenvalue weighted by atomic mass is 19.1. The average molecular weight is 208 g/mol. The van der Waals surface area contributed by atoms with E-state index in [9.17, 15) is 9.18 Å². The molecule has 78 valence electrons. The number of rotatable bonds is 2. The van der Waals surface area contributed by atoms with E-state index in [1.165, 1.54) is 11.1 Å². The molecule has 0 bridgehead atoms. The molecule has 1 N–H and O–H groups in total. The number of nitrogens with one attached hydrogen (secondary N) is 1. The van der Waals surface area contributed by atoms with E-state index < -0.39 is 6.17 Å². The highest BCUT2D eigenvalue weighted by molar-refractivity contribution is 5.67. The number of anilines is 1. The minimum atomic E-state index is -0.662. The number of nitrogens with zero attached hydrogens (tertiary/aromatic N) is 3. The number of hydrogen-bond donors (Lipinski definition) is 1. The van der Waals surface area contributed by atoms with Crippen LogP contribution in [0.3, 0.4) is 0 Å². The van der Waals surface area contributed by atoms with Crippen LogP contribution in [-0.4, -0.2) is 12.5 Å². The summed E-state index contributed by atoms with van der Waals surface area (Å²) in [6.07, 6.45) is -0.00449. The number of carbonyl (C=O) groups excluding carboxylic acids is 1. The fourth-order valence-electron chi connectivity index (χ4n) is 1.37. The molecule has 0 amide bonds. The molecule has 0 spiro atoms. The molecule has 1 heterocycles. The molecule has 0 aromatic heterocycles. The van der Waals surface area contributed by atoms with Gasteiger partial charge in [-0.05, 0) is 24.3 Å². The zero-order valence-electron chi connectivity index (χ0n) is 8.01. The molecule has 6 heteroatoms. The van der Waals surface area contributed by atoms with Crippen LogP contribution >= 0.6 is 0 Å². The van der Waals surface area contributed by atoms with Gasteiger partial charge in [-0.25, -0.2) is 9.40 Å². The molecule has 0 saturated carbocycles. The number of benzene rings is 1. The fraction of sp³-hybridized carbons (Fsp3) is 0.222. The van der Waals surface area contributed by atoms with Crippen LogP contribution in [0, 0.1) is 12.7 Å². The van der Waals surface area contributed by atoms with Crippen molar-refractivity contribution in [2.45, 2.75) is 13.1 Å². The van der Waals surface area contributed by atoms with E-state index in [1.807, 2.05) is 0 Å². The topological polar surface area (TPSA) is 57.1 Å². The minimum Gasteiger partial charge on any atom is -0.299 e. The second kappa shape index (κ2) is 3.64. The van der Waals surface area contributed by atoms with Gasteiger partial charge in [0, 0.05) is 5.56 Å². The molecule has 1 aliphatic rings. The molecular weight excluding hydrogens is 199 g/mol. The van der Waals surface area contributed by atoms with E-state index in [4.69, 9.17) is 0 Å². The van der Waals surface area contributed by atoms with Crippen molar-refractivity contribution in [1.29, 1.82) is 0 Å². The Bertz CT molecular complexity index is 421. The zero-order chi connectivity index (χ0) is 10.8. The lowest BCUT2D eigenvalue weighted by Crippen LogP contribution is -2.36. The number of carbonyl (C=O) groups is 1. The number of aldehydes is 1. The lowest BCUT2D eigenvalue weighted by Gasteiger charge is -2.18.